The second-order valence-corrected chi connectivity index (χ2v) is 13.2. The van der Waals surface area contributed by atoms with Crippen molar-refractivity contribution in [1.82, 2.24) is 34.9 Å². The lowest BCUT2D eigenvalue weighted by Crippen LogP contribution is -2.56. The number of anilines is 1. The molecule has 2 N–H and O–H groups in total. The van der Waals surface area contributed by atoms with Crippen LogP contribution in [0.25, 0.3) is 11.4 Å². The molecule has 1 aromatic carbocycles. The number of ether oxygens (including phenoxy) is 1. The van der Waals surface area contributed by atoms with E-state index in [0.717, 1.165) is 45.2 Å². The van der Waals surface area contributed by atoms with Crippen molar-refractivity contribution in [3.63, 3.8) is 0 Å². The second kappa shape index (κ2) is 18.4. The molecule has 0 unspecified atom stereocenters. The summed E-state index contributed by atoms with van der Waals surface area (Å²) in [5, 5.41) is 12.2. The fraction of sp³-hybridized carbons (Fsp3) is 0.583. The summed E-state index contributed by atoms with van der Waals surface area (Å²) in [6.45, 7) is 7.94. The van der Waals surface area contributed by atoms with Gasteiger partial charge in [0.1, 0.15) is 17.6 Å². The lowest BCUT2D eigenvalue weighted by molar-refractivity contribution is -0.138. The van der Waals surface area contributed by atoms with E-state index in [0.29, 0.717) is 56.5 Å². The maximum atomic E-state index is 13.8. The Morgan fingerprint density at radius 1 is 0.843 bits per heavy atom. The topological polar surface area (TPSA) is 169 Å². The van der Waals surface area contributed by atoms with Gasteiger partial charge < -0.3 is 34.8 Å². The first-order chi connectivity index (χ1) is 24.7. The van der Waals surface area contributed by atoms with Crippen LogP contribution in [0, 0.1) is 0 Å². The van der Waals surface area contributed by atoms with E-state index in [1.807, 2.05) is 35.2 Å². The molecule has 0 saturated carbocycles. The number of hydrogen-bond donors (Lipinski definition) is 2. The van der Waals surface area contributed by atoms with E-state index in [1.54, 1.807) is 15.9 Å². The van der Waals surface area contributed by atoms with Crippen molar-refractivity contribution >= 4 is 35.6 Å². The van der Waals surface area contributed by atoms with Gasteiger partial charge in [-0.15, -0.1) is 0 Å². The Morgan fingerprint density at radius 2 is 1.53 bits per heavy atom. The molecule has 51 heavy (non-hydrogen) atoms. The Labute approximate surface area is 298 Å². The highest BCUT2D eigenvalue weighted by Gasteiger charge is 2.32. The number of likely N-dealkylation sites (tertiary alicyclic amines) is 1. The maximum absolute atomic E-state index is 13.8. The fourth-order valence-corrected chi connectivity index (χ4v) is 6.51. The van der Waals surface area contributed by atoms with Crippen LogP contribution in [0.2, 0.25) is 0 Å². The molecule has 3 saturated heterocycles. The average Bonchev–Trinajstić information content (AvgIpc) is 3.71. The van der Waals surface area contributed by atoms with Crippen LogP contribution in [0.1, 0.15) is 62.4 Å². The third-order valence-electron chi connectivity index (χ3n) is 9.56. The summed E-state index contributed by atoms with van der Waals surface area (Å²) < 4.78 is 5.36. The number of carboxylic acid groups (broad SMARTS) is 1. The molecule has 3 aliphatic rings. The van der Waals surface area contributed by atoms with Gasteiger partial charge in [-0.2, -0.15) is 0 Å². The summed E-state index contributed by atoms with van der Waals surface area (Å²) in [6.07, 6.45) is 4.04. The highest BCUT2D eigenvalue weighted by atomic mass is 16.6. The van der Waals surface area contributed by atoms with Gasteiger partial charge in [0.15, 0.2) is 5.82 Å². The van der Waals surface area contributed by atoms with E-state index >= 15 is 0 Å². The van der Waals surface area contributed by atoms with Gasteiger partial charge in [-0.1, -0.05) is 50.1 Å². The van der Waals surface area contributed by atoms with Crippen molar-refractivity contribution in [2.75, 3.05) is 83.5 Å². The van der Waals surface area contributed by atoms with Crippen LogP contribution in [-0.2, 0) is 19.1 Å². The van der Waals surface area contributed by atoms with Crippen LogP contribution < -0.4 is 10.2 Å². The fourth-order valence-electron chi connectivity index (χ4n) is 6.51. The van der Waals surface area contributed by atoms with Crippen molar-refractivity contribution in [2.45, 2.75) is 57.9 Å². The van der Waals surface area contributed by atoms with E-state index < -0.39 is 29.9 Å². The standard InChI is InChI=1S/C36H50N8O7/c1-2-3-9-24-51-36(50)44-22-20-43(21-23-44)35(49)28(12-13-32(46)47)38-34(48)29-25-30(39-33(37-29)27-10-5-4-6-11-27)41-18-16-40(17-19-41)26-31(45)42-14-7-8-15-42/h4-6,10-11,25,28H,2-3,7-9,12-24,26H2,1H3,(H,38,48)(H,46,47)/t28-/m0/s1. The molecular formula is C36H50N8O7. The van der Waals surface area contributed by atoms with Crippen molar-refractivity contribution in [3.8, 4) is 11.4 Å². The number of aliphatic carboxylic acids is 1. The Morgan fingerprint density at radius 3 is 2.20 bits per heavy atom. The zero-order valence-electron chi connectivity index (χ0n) is 29.5. The van der Waals surface area contributed by atoms with Gasteiger partial charge >= 0.3 is 12.1 Å². The molecule has 15 heteroatoms. The molecule has 276 valence electrons. The molecule has 0 bridgehead atoms. The number of nitrogens with zero attached hydrogens (tertiary/aromatic N) is 7. The van der Waals surface area contributed by atoms with Gasteiger partial charge in [0.05, 0.1) is 13.2 Å². The molecule has 0 radical (unpaired) electrons. The van der Waals surface area contributed by atoms with Crippen LogP contribution >= 0.6 is 0 Å². The molecule has 3 aliphatic heterocycles. The lowest BCUT2D eigenvalue weighted by atomic mass is 10.1. The summed E-state index contributed by atoms with van der Waals surface area (Å²) in [7, 11) is 0. The van der Waals surface area contributed by atoms with Crippen LogP contribution in [0.4, 0.5) is 10.6 Å². The zero-order chi connectivity index (χ0) is 36.2. The summed E-state index contributed by atoms with van der Waals surface area (Å²) in [5.74, 6) is -1.08. The predicted octanol–water partition coefficient (Wildman–Crippen LogP) is 2.32. The molecule has 4 heterocycles. The molecule has 2 aromatic rings. The molecule has 3 fully saturated rings. The SMILES string of the molecule is CCCCCOC(=O)N1CCN(C(=O)[C@H](CCC(=O)O)NC(=O)c2cc(N3CCN(CC(=O)N4CCCC4)CC3)nc(-c3ccccc3)n2)CC1. The number of carboxylic acids is 1. The molecular weight excluding hydrogens is 656 g/mol. The van der Waals surface area contributed by atoms with Gasteiger partial charge in [0, 0.05) is 83.5 Å². The number of carbonyl (C=O) groups excluding carboxylic acids is 4. The number of hydrogen-bond acceptors (Lipinski definition) is 10. The molecule has 1 aromatic heterocycles. The quantitative estimate of drug-likeness (QED) is 0.277. The van der Waals surface area contributed by atoms with Gasteiger partial charge in [-0.05, 0) is 25.7 Å². The van der Waals surface area contributed by atoms with Gasteiger partial charge in [-0.3, -0.25) is 24.1 Å². The number of aromatic nitrogens is 2. The van der Waals surface area contributed by atoms with Crippen LogP contribution in [0.3, 0.4) is 0 Å². The molecule has 15 nitrogen and oxygen atoms in total. The Kier molecular flexibility index (Phi) is 13.6. The Bertz CT molecular complexity index is 1500. The van der Waals surface area contributed by atoms with Crippen molar-refractivity contribution in [3.05, 3.63) is 42.1 Å². The minimum absolute atomic E-state index is 0.0502. The molecule has 5 rings (SSSR count). The van der Waals surface area contributed by atoms with Crippen LogP contribution in [0.15, 0.2) is 36.4 Å². The third-order valence-corrected chi connectivity index (χ3v) is 9.56. The van der Waals surface area contributed by atoms with E-state index in [4.69, 9.17) is 9.72 Å². The number of piperazine rings is 2. The van der Waals surface area contributed by atoms with Crippen LogP contribution in [-0.4, -0.2) is 149 Å². The number of carbonyl (C=O) groups is 5. The highest BCUT2D eigenvalue weighted by molar-refractivity contribution is 5.97. The molecule has 0 spiro atoms. The summed E-state index contributed by atoms with van der Waals surface area (Å²) in [5.41, 5.74) is 0.762. The third kappa shape index (κ3) is 10.6. The Balaban J connectivity index is 1.26. The van der Waals surface area contributed by atoms with Gasteiger partial charge in [-0.25, -0.2) is 14.8 Å². The number of rotatable bonds is 14. The van der Waals surface area contributed by atoms with Gasteiger partial charge in [0.2, 0.25) is 11.8 Å². The second-order valence-electron chi connectivity index (χ2n) is 13.2. The van der Waals surface area contributed by atoms with E-state index in [-0.39, 0.29) is 50.6 Å². The average molecular weight is 707 g/mol. The van der Waals surface area contributed by atoms with Crippen LogP contribution in [0.5, 0.6) is 0 Å². The summed E-state index contributed by atoms with van der Waals surface area (Å²) in [4.78, 5) is 82.9. The number of amides is 4. The van der Waals surface area contributed by atoms with E-state index in [2.05, 4.69) is 27.0 Å². The first kappa shape index (κ1) is 37.5. The molecule has 4 amide bonds. The van der Waals surface area contributed by atoms with E-state index in [9.17, 15) is 29.1 Å². The first-order valence-electron chi connectivity index (χ1n) is 18.1. The smallest absolute Gasteiger partial charge is 0.409 e. The minimum atomic E-state index is -1.11. The van der Waals surface area contributed by atoms with Crippen molar-refractivity contribution in [2.24, 2.45) is 0 Å². The minimum Gasteiger partial charge on any atom is -0.481 e. The number of unbranched alkanes of at least 4 members (excludes halogenated alkanes) is 2. The van der Waals surface area contributed by atoms with E-state index in [1.165, 1.54) is 0 Å². The summed E-state index contributed by atoms with van der Waals surface area (Å²) in [6, 6.07) is 9.76. The molecule has 0 aliphatic carbocycles. The highest BCUT2D eigenvalue weighted by Crippen LogP contribution is 2.22. The number of nitrogens with one attached hydrogen (secondary N) is 1. The largest absolute Gasteiger partial charge is 0.481 e. The first-order valence-corrected chi connectivity index (χ1v) is 18.1. The normalized spacial score (nSPS) is 17.3. The Hall–Kier alpha value is -4.79. The van der Waals surface area contributed by atoms with Crippen molar-refractivity contribution < 1.29 is 33.8 Å². The number of benzene rings is 1. The zero-order valence-corrected chi connectivity index (χ0v) is 29.5. The maximum Gasteiger partial charge on any atom is 0.409 e. The summed E-state index contributed by atoms with van der Waals surface area (Å²) >= 11 is 0. The molecule has 1 atom stereocenters. The predicted molar refractivity (Wildman–Crippen MR) is 189 cm³/mol. The van der Waals surface area contributed by atoms with Crippen molar-refractivity contribution in [1.29, 1.82) is 0 Å². The lowest BCUT2D eigenvalue weighted by Gasteiger charge is -2.36. The monoisotopic (exact) mass is 706 g/mol. The van der Waals surface area contributed by atoms with Gasteiger partial charge in [0.25, 0.3) is 5.91 Å².